The summed E-state index contributed by atoms with van der Waals surface area (Å²) in [6.07, 6.45) is 2.60. The summed E-state index contributed by atoms with van der Waals surface area (Å²) < 4.78 is 27.7. The van der Waals surface area contributed by atoms with Crippen LogP contribution >= 0.6 is 0 Å². The molecule has 1 saturated heterocycles. The van der Waals surface area contributed by atoms with Gasteiger partial charge >= 0.3 is 0 Å². The molecule has 7 heteroatoms. The third-order valence-corrected chi connectivity index (χ3v) is 4.08. The number of amides is 2. The first kappa shape index (κ1) is 17.0. The van der Waals surface area contributed by atoms with Crippen LogP contribution in [0, 0.1) is 11.6 Å². The first-order valence-electron chi connectivity index (χ1n) is 8.01. The van der Waals surface area contributed by atoms with Gasteiger partial charge in [0.05, 0.1) is 0 Å². The van der Waals surface area contributed by atoms with Gasteiger partial charge in [-0.1, -0.05) is 12.1 Å². The average Bonchev–Trinajstić information content (AvgIpc) is 2.95. The first-order valence-corrected chi connectivity index (χ1v) is 8.01. The summed E-state index contributed by atoms with van der Waals surface area (Å²) in [6, 6.07) is 8.12. The van der Waals surface area contributed by atoms with Crippen LogP contribution in [0.25, 0.3) is 0 Å². The van der Waals surface area contributed by atoms with Gasteiger partial charge in [0.2, 0.25) is 11.8 Å². The molecule has 0 radical (unpaired) electrons. The number of pyridine rings is 1. The molecule has 0 spiro atoms. The van der Waals surface area contributed by atoms with E-state index in [1.165, 1.54) is 6.07 Å². The number of hydrogen-bond acceptors (Lipinski definition) is 3. The van der Waals surface area contributed by atoms with Crippen molar-refractivity contribution < 1.29 is 18.4 Å². The second-order valence-corrected chi connectivity index (χ2v) is 5.79. The zero-order valence-electron chi connectivity index (χ0n) is 13.4. The first-order chi connectivity index (χ1) is 12.1. The topological polar surface area (TPSA) is 62.3 Å². The Balaban J connectivity index is 1.60. The third kappa shape index (κ3) is 3.81. The minimum atomic E-state index is -0.796. The van der Waals surface area contributed by atoms with E-state index in [1.807, 2.05) is 12.1 Å². The molecule has 1 aromatic carbocycles. The van der Waals surface area contributed by atoms with Gasteiger partial charge in [-0.25, -0.2) is 8.78 Å². The van der Waals surface area contributed by atoms with Gasteiger partial charge in [0.25, 0.3) is 0 Å². The maximum Gasteiger partial charge on any atom is 0.249 e. The number of anilines is 1. The number of aromatic nitrogens is 1. The SMILES string of the molecule is O=C(CCc1ccccn1)N[C@@H]1CCN(c2c(F)cccc2F)C1=O. The molecule has 1 atom stereocenters. The highest BCUT2D eigenvalue weighted by Gasteiger charge is 2.36. The number of nitrogens with one attached hydrogen (secondary N) is 1. The van der Waals surface area contributed by atoms with Crippen LogP contribution in [0.15, 0.2) is 42.6 Å². The van der Waals surface area contributed by atoms with Gasteiger partial charge in [-0.3, -0.25) is 14.6 Å². The van der Waals surface area contributed by atoms with Gasteiger partial charge in [-0.2, -0.15) is 0 Å². The summed E-state index contributed by atoms with van der Waals surface area (Å²) in [5, 5.41) is 2.63. The Morgan fingerprint density at radius 2 is 1.96 bits per heavy atom. The van der Waals surface area contributed by atoms with Crippen LogP contribution < -0.4 is 10.2 Å². The standard InChI is InChI=1S/C18H17F2N3O2/c19-13-5-3-6-14(20)17(13)23-11-9-15(18(23)25)22-16(24)8-7-12-4-1-2-10-21-12/h1-6,10,15H,7-9,11H2,(H,22,24)/t15-/m1/s1. The Kier molecular flexibility index (Phi) is 5.02. The van der Waals surface area contributed by atoms with Crippen molar-refractivity contribution in [2.24, 2.45) is 0 Å². The fourth-order valence-corrected chi connectivity index (χ4v) is 2.84. The van der Waals surface area contributed by atoms with E-state index < -0.39 is 23.6 Å². The van der Waals surface area contributed by atoms with Crippen molar-refractivity contribution in [1.82, 2.24) is 10.3 Å². The van der Waals surface area contributed by atoms with Gasteiger partial charge in [0.1, 0.15) is 23.4 Å². The molecule has 1 fully saturated rings. The summed E-state index contributed by atoms with van der Waals surface area (Å²) >= 11 is 0. The van der Waals surface area contributed by atoms with Crippen LogP contribution in [0.5, 0.6) is 0 Å². The minimum Gasteiger partial charge on any atom is -0.344 e. The predicted octanol–water partition coefficient (Wildman–Crippen LogP) is 2.21. The van der Waals surface area contributed by atoms with Gasteiger partial charge in [0.15, 0.2) is 0 Å². The van der Waals surface area contributed by atoms with E-state index >= 15 is 0 Å². The molecule has 2 aromatic rings. The molecule has 1 aliphatic rings. The fourth-order valence-electron chi connectivity index (χ4n) is 2.84. The molecule has 0 unspecified atom stereocenters. The highest BCUT2D eigenvalue weighted by atomic mass is 19.1. The van der Waals surface area contributed by atoms with Crippen molar-refractivity contribution in [3.8, 4) is 0 Å². The van der Waals surface area contributed by atoms with Gasteiger partial charge in [0, 0.05) is 24.9 Å². The second kappa shape index (κ2) is 7.38. The van der Waals surface area contributed by atoms with Crippen LogP contribution in [0.2, 0.25) is 0 Å². The highest BCUT2D eigenvalue weighted by Crippen LogP contribution is 2.27. The minimum absolute atomic E-state index is 0.155. The van der Waals surface area contributed by atoms with Crippen molar-refractivity contribution >= 4 is 17.5 Å². The molecule has 1 aromatic heterocycles. The van der Waals surface area contributed by atoms with E-state index in [4.69, 9.17) is 0 Å². The van der Waals surface area contributed by atoms with Crippen molar-refractivity contribution in [1.29, 1.82) is 0 Å². The number of para-hydroxylation sites is 1. The quantitative estimate of drug-likeness (QED) is 0.904. The number of benzene rings is 1. The Morgan fingerprint density at radius 1 is 1.20 bits per heavy atom. The maximum absolute atomic E-state index is 13.8. The summed E-state index contributed by atoms with van der Waals surface area (Å²) in [5.41, 5.74) is 0.420. The van der Waals surface area contributed by atoms with Gasteiger partial charge < -0.3 is 10.2 Å². The monoisotopic (exact) mass is 345 g/mol. The van der Waals surface area contributed by atoms with Crippen molar-refractivity contribution in [3.05, 3.63) is 59.9 Å². The number of carbonyl (C=O) groups is 2. The van der Waals surface area contributed by atoms with Crippen molar-refractivity contribution in [2.75, 3.05) is 11.4 Å². The number of nitrogens with zero attached hydrogens (tertiary/aromatic N) is 2. The number of aryl methyl sites for hydroxylation is 1. The number of rotatable bonds is 5. The predicted molar refractivity (Wildman–Crippen MR) is 87.8 cm³/mol. The van der Waals surface area contributed by atoms with Gasteiger partial charge in [-0.15, -0.1) is 0 Å². The molecular formula is C18H17F2N3O2. The van der Waals surface area contributed by atoms with E-state index in [2.05, 4.69) is 10.3 Å². The van der Waals surface area contributed by atoms with E-state index in [0.717, 1.165) is 22.7 Å². The summed E-state index contributed by atoms with van der Waals surface area (Å²) in [4.78, 5) is 29.6. The van der Waals surface area contributed by atoms with Crippen LogP contribution in [0.3, 0.4) is 0 Å². The zero-order chi connectivity index (χ0) is 17.8. The van der Waals surface area contributed by atoms with E-state index in [1.54, 1.807) is 12.3 Å². The molecule has 2 amide bonds. The number of halogens is 2. The van der Waals surface area contributed by atoms with Crippen LogP contribution in [-0.4, -0.2) is 29.4 Å². The maximum atomic E-state index is 13.8. The molecule has 1 N–H and O–H groups in total. The van der Waals surface area contributed by atoms with E-state index in [0.29, 0.717) is 12.8 Å². The molecule has 5 nitrogen and oxygen atoms in total. The third-order valence-electron chi connectivity index (χ3n) is 4.08. The smallest absolute Gasteiger partial charge is 0.249 e. The van der Waals surface area contributed by atoms with Crippen molar-refractivity contribution in [3.63, 3.8) is 0 Å². The molecule has 2 heterocycles. The summed E-state index contributed by atoms with van der Waals surface area (Å²) in [7, 11) is 0. The largest absolute Gasteiger partial charge is 0.344 e. The van der Waals surface area contributed by atoms with E-state index in [-0.39, 0.29) is 24.6 Å². The lowest BCUT2D eigenvalue weighted by Crippen LogP contribution is -2.42. The van der Waals surface area contributed by atoms with Crippen LogP contribution in [-0.2, 0) is 16.0 Å². The lowest BCUT2D eigenvalue weighted by molar-refractivity contribution is -0.126. The normalized spacial score (nSPS) is 17.0. The Hall–Kier alpha value is -2.83. The number of hydrogen-bond donors (Lipinski definition) is 1. The molecule has 0 bridgehead atoms. The average molecular weight is 345 g/mol. The molecule has 25 heavy (non-hydrogen) atoms. The lowest BCUT2D eigenvalue weighted by atomic mass is 10.2. The zero-order valence-corrected chi connectivity index (χ0v) is 13.4. The van der Waals surface area contributed by atoms with Gasteiger partial charge in [-0.05, 0) is 37.1 Å². The van der Waals surface area contributed by atoms with Crippen molar-refractivity contribution in [2.45, 2.75) is 25.3 Å². The molecule has 0 aliphatic carbocycles. The fraction of sp³-hybridized carbons (Fsp3) is 0.278. The molecular weight excluding hydrogens is 328 g/mol. The van der Waals surface area contributed by atoms with Crippen LogP contribution in [0.1, 0.15) is 18.5 Å². The van der Waals surface area contributed by atoms with E-state index in [9.17, 15) is 18.4 Å². The Morgan fingerprint density at radius 3 is 2.64 bits per heavy atom. The number of carbonyl (C=O) groups excluding carboxylic acids is 2. The summed E-state index contributed by atoms with van der Waals surface area (Å²) in [6.45, 7) is 0.155. The highest BCUT2D eigenvalue weighted by molar-refractivity contribution is 6.01. The Bertz CT molecular complexity index is 763. The lowest BCUT2D eigenvalue weighted by Gasteiger charge is -2.18. The molecule has 3 rings (SSSR count). The summed E-state index contributed by atoms with van der Waals surface area (Å²) in [5.74, 6) is -2.39. The Labute approximate surface area is 143 Å². The molecule has 130 valence electrons. The second-order valence-electron chi connectivity index (χ2n) is 5.79. The molecule has 1 aliphatic heterocycles. The molecule has 0 saturated carbocycles. The van der Waals surface area contributed by atoms with Crippen LogP contribution in [0.4, 0.5) is 14.5 Å².